The minimum atomic E-state index is -0.988. The predicted molar refractivity (Wildman–Crippen MR) is 71.4 cm³/mol. The Balaban J connectivity index is 1.84. The number of nitrogens with zero attached hydrogens (tertiary/aromatic N) is 2. The molecule has 2 rings (SSSR count). The van der Waals surface area contributed by atoms with Crippen LogP contribution in [-0.2, 0) is 4.79 Å². The van der Waals surface area contributed by atoms with Crippen LogP contribution >= 0.6 is 0 Å². The van der Waals surface area contributed by atoms with Crippen LogP contribution < -0.4 is 4.74 Å². The maximum Gasteiger partial charge on any atom is 0.240 e. The first-order chi connectivity index (χ1) is 10.1. The summed E-state index contributed by atoms with van der Waals surface area (Å²) in [7, 11) is 0. The van der Waals surface area contributed by atoms with Gasteiger partial charge in [-0.25, -0.2) is 8.78 Å². The van der Waals surface area contributed by atoms with Crippen LogP contribution in [0.1, 0.15) is 19.3 Å². The lowest BCUT2D eigenvalue weighted by atomic mass is 10.1. The largest absolute Gasteiger partial charge is 0.493 e. The van der Waals surface area contributed by atoms with Crippen molar-refractivity contribution in [3.63, 3.8) is 0 Å². The highest BCUT2D eigenvalue weighted by Crippen LogP contribution is 2.18. The second kappa shape index (κ2) is 7.02. The maximum absolute atomic E-state index is 13.0. The molecule has 0 saturated carbocycles. The zero-order chi connectivity index (χ0) is 15.2. The predicted octanol–water partition coefficient (Wildman–Crippen LogP) is 2.50. The number of halogens is 2. The second-order valence-corrected chi connectivity index (χ2v) is 4.93. The average molecular weight is 294 g/mol. The summed E-state index contributed by atoms with van der Waals surface area (Å²) in [4.78, 5) is 13.7. The molecular formula is C15H16F2N2O2. The number of benzene rings is 1. The van der Waals surface area contributed by atoms with E-state index in [1.165, 1.54) is 6.07 Å². The highest BCUT2D eigenvalue weighted by Gasteiger charge is 2.26. The van der Waals surface area contributed by atoms with Crippen molar-refractivity contribution in [2.24, 2.45) is 5.92 Å². The first-order valence-corrected chi connectivity index (χ1v) is 6.88. The number of ether oxygens (including phenoxy) is 1. The highest BCUT2D eigenvalue weighted by molar-refractivity contribution is 5.81. The Morgan fingerprint density at radius 3 is 2.67 bits per heavy atom. The quantitative estimate of drug-likeness (QED) is 0.838. The Morgan fingerprint density at radius 2 is 2.05 bits per heavy atom. The Kier molecular flexibility index (Phi) is 5.09. The molecule has 1 aromatic rings. The van der Waals surface area contributed by atoms with Crippen molar-refractivity contribution in [2.45, 2.75) is 19.3 Å². The van der Waals surface area contributed by atoms with Gasteiger partial charge in [0, 0.05) is 25.6 Å². The Labute approximate surface area is 121 Å². The minimum Gasteiger partial charge on any atom is -0.493 e. The van der Waals surface area contributed by atoms with Gasteiger partial charge in [-0.15, -0.1) is 0 Å². The van der Waals surface area contributed by atoms with Gasteiger partial charge in [0.05, 0.1) is 12.7 Å². The van der Waals surface area contributed by atoms with Gasteiger partial charge in [-0.1, -0.05) is 0 Å². The molecule has 1 aromatic carbocycles. The molecule has 112 valence electrons. The fourth-order valence-corrected chi connectivity index (χ4v) is 2.26. The third kappa shape index (κ3) is 3.91. The van der Waals surface area contributed by atoms with E-state index in [1.54, 1.807) is 4.90 Å². The molecule has 1 fully saturated rings. The third-order valence-corrected chi connectivity index (χ3v) is 3.44. The molecule has 0 aliphatic carbocycles. The molecule has 0 radical (unpaired) electrons. The fourth-order valence-electron chi connectivity index (χ4n) is 2.26. The number of carbonyl (C=O) groups is 1. The van der Waals surface area contributed by atoms with Gasteiger partial charge in [-0.3, -0.25) is 4.79 Å². The van der Waals surface area contributed by atoms with Crippen molar-refractivity contribution in [2.75, 3.05) is 19.7 Å². The summed E-state index contributed by atoms with van der Waals surface area (Å²) >= 11 is 0. The third-order valence-electron chi connectivity index (χ3n) is 3.44. The summed E-state index contributed by atoms with van der Waals surface area (Å²) in [6.07, 6.45) is 2.16. The van der Waals surface area contributed by atoms with Crippen LogP contribution in [0.5, 0.6) is 5.75 Å². The molecule has 1 unspecified atom stereocenters. The van der Waals surface area contributed by atoms with Crippen LogP contribution in [-0.4, -0.2) is 30.5 Å². The Bertz CT molecular complexity index is 551. The SMILES string of the molecule is N#CC(CCOc1ccc(F)c(F)c1)C(=O)N1CCCC1. The number of carbonyl (C=O) groups excluding carboxylic acids is 1. The minimum absolute atomic E-state index is 0.100. The average Bonchev–Trinajstić information content (AvgIpc) is 3.01. The van der Waals surface area contributed by atoms with Gasteiger partial charge in [0.1, 0.15) is 11.7 Å². The van der Waals surface area contributed by atoms with E-state index in [9.17, 15) is 13.6 Å². The summed E-state index contributed by atoms with van der Waals surface area (Å²) in [6.45, 7) is 1.49. The molecule has 0 bridgehead atoms. The molecule has 4 nitrogen and oxygen atoms in total. The van der Waals surface area contributed by atoms with Crippen molar-refractivity contribution in [1.82, 2.24) is 4.90 Å². The zero-order valence-corrected chi connectivity index (χ0v) is 11.5. The van der Waals surface area contributed by atoms with Gasteiger partial charge in [0.15, 0.2) is 11.6 Å². The van der Waals surface area contributed by atoms with Gasteiger partial charge in [0.2, 0.25) is 5.91 Å². The molecular weight excluding hydrogens is 278 g/mol. The van der Waals surface area contributed by atoms with Crippen molar-refractivity contribution < 1.29 is 18.3 Å². The number of likely N-dealkylation sites (tertiary alicyclic amines) is 1. The summed E-state index contributed by atoms with van der Waals surface area (Å²) in [5.41, 5.74) is 0. The first kappa shape index (κ1) is 15.2. The molecule has 1 heterocycles. The molecule has 1 atom stereocenters. The van der Waals surface area contributed by atoms with Crippen molar-refractivity contribution in [1.29, 1.82) is 5.26 Å². The van der Waals surface area contributed by atoms with Crippen LogP contribution in [0.2, 0.25) is 0 Å². The van der Waals surface area contributed by atoms with E-state index in [-0.39, 0.29) is 24.7 Å². The van der Waals surface area contributed by atoms with E-state index in [2.05, 4.69) is 0 Å². The summed E-state index contributed by atoms with van der Waals surface area (Å²) in [5.74, 6) is -2.68. The van der Waals surface area contributed by atoms with E-state index < -0.39 is 17.6 Å². The molecule has 0 N–H and O–H groups in total. The van der Waals surface area contributed by atoms with E-state index in [4.69, 9.17) is 10.00 Å². The van der Waals surface area contributed by atoms with Gasteiger partial charge < -0.3 is 9.64 Å². The topological polar surface area (TPSA) is 53.3 Å². The highest BCUT2D eigenvalue weighted by atomic mass is 19.2. The van der Waals surface area contributed by atoms with Crippen LogP contribution in [0.4, 0.5) is 8.78 Å². The lowest BCUT2D eigenvalue weighted by Crippen LogP contribution is -2.33. The molecule has 1 aliphatic heterocycles. The molecule has 21 heavy (non-hydrogen) atoms. The number of nitriles is 1. The van der Waals surface area contributed by atoms with Crippen molar-refractivity contribution >= 4 is 5.91 Å². The summed E-state index contributed by atoms with van der Waals surface area (Å²) < 4.78 is 31.0. The number of hydrogen-bond acceptors (Lipinski definition) is 3. The standard InChI is InChI=1S/C15H16F2N2O2/c16-13-4-3-12(9-14(13)17)21-8-5-11(10-18)15(20)19-6-1-2-7-19/h3-4,9,11H,1-2,5-8H2. The molecule has 1 amide bonds. The zero-order valence-electron chi connectivity index (χ0n) is 11.5. The van der Waals surface area contributed by atoms with Crippen molar-refractivity contribution in [3.05, 3.63) is 29.8 Å². The molecule has 0 spiro atoms. The Morgan fingerprint density at radius 1 is 1.33 bits per heavy atom. The number of hydrogen-bond donors (Lipinski definition) is 0. The van der Waals surface area contributed by atoms with Gasteiger partial charge >= 0.3 is 0 Å². The van der Waals surface area contributed by atoms with E-state index in [1.807, 2.05) is 6.07 Å². The number of amides is 1. The number of rotatable bonds is 5. The molecule has 1 aliphatic rings. The van der Waals surface area contributed by atoms with Gasteiger partial charge in [0.25, 0.3) is 0 Å². The molecule has 6 heteroatoms. The lowest BCUT2D eigenvalue weighted by molar-refractivity contribution is -0.133. The van der Waals surface area contributed by atoms with Crippen LogP contribution in [0.25, 0.3) is 0 Å². The van der Waals surface area contributed by atoms with Gasteiger partial charge in [-0.05, 0) is 25.0 Å². The van der Waals surface area contributed by atoms with E-state index >= 15 is 0 Å². The summed E-state index contributed by atoms with van der Waals surface area (Å²) in [6, 6.07) is 5.21. The van der Waals surface area contributed by atoms with Crippen LogP contribution in [0.15, 0.2) is 18.2 Å². The van der Waals surface area contributed by atoms with E-state index in [0.29, 0.717) is 13.1 Å². The van der Waals surface area contributed by atoms with Crippen LogP contribution in [0.3, 0.4) is 0 Å². The smallest absolute Gasteiger partial charge is 0.240 e. The second-order valence-electron chi connectivity index (χ2n) is 4.93. The van der Waals surface area contributed by atoms with Gasteiger partial charge in [-0.2, -0.15) is 5.26 Å². The maximum atomic E-state index is 13.0. The lowest BCUT2D eigenvalue weighted by Gasteiger charge is -2.18. The monoisotopic (exact) mass is 294 g/mol. The molecule has 1 saturated heterocycles. The van der Waals surface area contributed by atoms with Crippen molar-refractivity contribution in [3.8, 4) is 11.8 Å². The Hall–Kier alpha value is -2.16. The molecule has 0 aromatic heterocycles. The first-order valence-electron chi connectivity index (χ1n) is 6.88. The normalized spacial score (nSPS) is 15.6. The summed E-state index contributed by atoms with van der Waals surface area (Å²) in [5, 5.41) is 9.07. The van der Waals surface area contributed by atoms with E-state index in [0.717, 1.165) is 25.0 Å². The van der Waals surface area contributed by atoms with Crippen LogP contribution in [0, 0.1) is 28.9 Å². The fraction of sp³-hybridized carbons (Fsp3) is 0.467.